The standard InChI is InChI=1S/C49H35N/c1-5-15-36(16-6-1)38-25-29-42(30-26-38)50(43-31-27-39(28-32-43)37-17-7-2-8-18-37)44-33-34-46-45-23-13-14-24-47(45)49(48(46)35-44,40-19-9-3-10-20-40)41-21-11-4-12-22-41/h1-35H/i25D,26D,27D,28D,29D,30D,31D,32D. The largest absolute Gasteiger partial charge is 0.310 e. The third-order valence-corrected chi connectivity index (χ3v) is 9.50. The van der Waals surface area contributed by atoms with Crippen molar-refractivity contribution in [1.82, 2.24) is 0 Å². The van der Waals surface area contributed by atoms with E-state index in [1.807, 2.05) is 72.8 Å². The third-order valence-electron chi connectivity index (χ3n) is 9.50. The van der Waals surface area contributed by atoms with Gasteiger partial charge >= 0.3 is 0 Å². The van der Waals surface area contributed by atoms with Gasteiger partial charge in [-0.3, -0.25) is 0 Å². The van der Waals surface area contributed by atoms with E-state index in [-0.39, 0.29) is 70.8 Å². The zero-order valence-electron chi connectivity index (χ0n) is 35.0. The SMILES string of the molecule is [2H]c1c([2H])c(N(c2ccc3c(c2)C(c2ccccc2)(c2ccccc2)c2ccccc2-3)c2c([2H])c([2H])c(-c3ccccc3)c([2H])c2[2H])c([2H])c([2H])c1-c1ccccc1. The number of benzene rings is 8. The molecule has 0 heterocycles. The Labute approximate surface area is 305 Å². The normalized spacial score (nSPS) is 14.8. The van der Waals surface area contributed by atoms with Crippen molar-refractivity contribution in [1.29, 1.82) is 0 Å². The predicted octanol–water partition coefficient (Wildman–Crippen LogP) is 12.9. The van der Waals surface area contributed by atoms with Gasteiger partial charge in [-0.2, -0.15) is 0 Å². The molecule has 1 nitrogen and oxygen atoms in total. The summed E-state index contributed by atoms with van der Waals surface area (Å²) in [7, 11) is 0. The first-order valence-electron chi connectivity index (χ1n) is 20.6. The van der Waals surface area contributed by atoms with Crippen LogP contribution in [-0.2, 0) is 5.41 Å². The fraction of sp³-hybridized carbons (Fsp3) is 0.0204. The number of nitrogens with zero attached hydrogens (tertiary/aromatic N) is 1. The van der Waals surface area contributed by atoms with Crippen LogP contribution in [0.3, 0.4) is 0 Å². The van der Waals surface area contributed by atoms with Crippen molar-refractivity contribution in [2.75, 3.05) is 4.90 Å². The molecule has 9 rings (SSSR count). The first-order valence-corrected chi connectivity index (χ1v) is 16.6. The van der Waals surface area contributed by atoms with E-state index >= 15 is 0 Å². The van der Waals surface area contributed by atoms with Gasteiger partial charge in [0.2, 0.25) is 0 Å². The van der Waals surface area contributed by atoms with Crippen LogP contribution < -0.4 is 4.90 Å². The molecule has 0 saturated carbocycles. The Balaban J connectivity index is 1.39. The summed E-state index contributed by atoms with van der Waals surface area (Å²) in [6.45, 7) is 0. The van der Waals surface area contributed by atoms with Crippen molar-refractivity contribution in [2.45, 2.75) is 5.41 Å². The molecule has 0 radical (unpaired) electrons. The quantitative estimate of drug-likeness (QED) is 0.167. The van der Waals surface area contributed by atoms with Crippen LogP contribution in [0.15, 0.2) is 212 Å². The van der Waals surface area contributed by atoms with Crippen LogP contribution in [-0.4, -0.2) is 0 Å². The Morgan fingerprint density at radius 1 is 0.340 bits per heavy atom. The molecule has 0 fully saturated rings. The first-order chi connectivity index (χ1) is 28.2. The molecule has 0 spiro atoms. The molecule has 0 amide bonds. The maximum atomic E-state index is 9.53. The van der Waals surface area contributed by atoms with E-state index in [2.05, 4.69) is 36.4 Å². The van der Waals surface area contributed by atoms with E-state index in [1.165, 1.54) is 4.90 Å². The van der Waals surface area contributed by atoms with E-state index in [0.29, 0.717) is 16.8 Å². The molecule has 0 unspecified atom stereocenters. The fourth-order valence-corrected chi connectivity index (χ4v) is 7.28. The van der Waals surface area contributed by atoms with Gasteiger partial charge in [-0.25, -0.2) is 0 Å². The highest BCUT2D eigenvalue weighted by Crippen LogP contribution is 2.57. The molecular formula is C49H35N. The van der Waals surface area contributed by atoms with Crippen molar-refractivity contribution in [3.63, 3.8) is 0 Å². The highest BCUT2D eigenvalue weighted by Gasteiger charge is 2.46. The number of anilines is 3. The summed E-state index contributed by atoms with van der Waals surface area (Å²) in [4.78, 5) is 1.40. The molecule has 0 aromatic heterocycles. The minimum atomic E-state index is -0.839. The van der Waals surface area contributed by atoms with Crippen molar-refractivity contribution < 1.29 is 11.0 Å². The van der Waals surface area contributed by atoms with Gasteiger partial charge in [-0.15, -0.1) is 0 Å². The predicted molar refractivity (Wildman–Crippen MR) is 209 cm³/mol. The smallest absolute Gasteiger partial charge is 0.0714 e. The second-order valence-electron chi connectivity index (χ2n) is 12.3. The van der Waals surface area contributed by atoms with Crippen molar-refractivity contribution in [3.05, 3.63) is 234 Å². The number of fused-ring (bicyclic) bond motifs is 3. The van der Waals surface area contributed by atoms with E-state index in [0.717, 1.165) is 33.4 Å². The lowest BCUT2D eigenvalue weighted by Crippen LogP contribution is -2.28. The van der Waals surface area contributed by atoms with Gasteiger partial charge in [-0.05, 0) is 91.9 Å². The average molecular weight is 646 g/mol. The topological polar surface area (TPSA) is 3.24 Å². The van der Waals surface area contributed by atoms with E-state index in [9.17, 15) is 11.0 Å². The Bertz CT molecular complexity index is 2660. The minimum absolute atomic E-state index is 0.120. The third kappa shape index (κ3) is 4.95. The second kappa shape index (κ2) is 12.5. The van der Waals surface area contributed by atoms with Crippen molar-refractivity contribution in [3.8, 4) is 33.4 Å². The molecule has 0 atom stereocenters. The van der Waals surface area contributed by atoms with E-state index < -0.39 is 5.41 Å². The van der Waals surface area contributed by atoms with Gasteiger partial charge in [0.25, 0.3) is 0 Å². The molecule has 1 heteroatoms. The molecule has 0 aliphatic heterocycles. The molecular weight excluding hydrogens is 603 g/mol. The van der Waals surface area contributed by atoms with E-state index in [4.69, 9.17) is 0 Å². The van der Waals surface area contributed by atoms with Crippen LogP contribution in [0.2, 0.25) is 0 Å². The summed E-state index contributed by atoms with van der Waals surface area (Å²) in [5.41, 5.74) is 6.31. The highest BCUT2D eigenvalue weighted by atomic mass is 15.1. The van der Waals surface area contributed by atoms with Crippen molar-refractivity contribution in [2.24, 2.45) is 0 Å². The summed E-state index contributed by atoms with van der Waals surface area (Å²) in [5.74, 6) is 0. The minimum Gasteiger partial charge on any atom is -0.310 e. The molecule has 8 aromatic carbocycles. The summed E-state index contributed by atoms with van der Waals surface area (Å²) in [5, 5.41) is 0. The van der Waals surface area contributed by atoms with Gasteiger partial charge in [0, 0.05) is 17.1 Å². The van der Waals surface area contributed by atoms with Crippen LogP contribution in [0.1, 0.15) is 33.2 Å². The number of rotatable bonds is 7. The first kappa shape index (κ1) is 22.2. The zero-order chi connectivity index (χ0) is 40.3. The Morgan fingerprint density at radius 3 is 1.26 bits per heavy atom. The second-order valence-corrected chi connectivity index (χ2v) is 12.3. The average Bonchev–Trinajstić information content (AvgIpc) is 3.56. The van der Waals surface area contributed by atoms with E-state index in [1.54, 1.807) is 54.6 Å². The Morgan fingerprint density at radius 2 is 0.760 bits per heavy atom. The fourth-order valence-electron chi connectivity index (χ4n) is 7.28. The van der Waals surface area contributed by atoms with Crippen LogP contribution >= 0.6 is 0 Å². The maximum Gasteiger partial charge on any atom is 0.0714 e. The molecule has 236 valence electrons. The van der Waals surface area contributed by atoms with Crippen LogP contribution in [0.4, 0.5) is 17.1 Å². The van der Waals surface area contributed by atoms with Crippen LogP contribution in [0.25, 0.3) is 33.4 Å². The molecule has 0 saturated heterocycles. The molecule has 0 N–H and O–H groups in total. The zero-order valence-corrected chi connectivity index (χ0v) is 27.0. The highest BCUT2D eigenvalue weighted by molar-refractivity contribution is 5.90. The van der Waals surface area contributed by atoms with Crippen LogP contribution in [0.5, 0.6) is 0 Å². The van der Waals surface area contributed by atoms with Gasteiger partial charge in [0.1, 0.15) is 0 Å². The molecule has 8 aromatic rings. The van der Waals surface area contributed by atoms with Crippen LogP contribution in [0, 0.1) is 0 Å². The van der Waals surface area contributed by atoms with Gasteiger partial charge in [0.05, 0.1) is 16.4 Å². The van der Waals surface area contributed by atoms with Crippen molar-refractivity contribution >= 4 is 17.1 Å². The lowest BCUT2D eigenvalue weighted by atomic mass is 9.67. The molecule has 1 aliphatic carbocycles. The van der Waals surface area contributed by atoms with Gasteiger partial charge < -0.3 is 4.90 Å². The molecule has 1 aliphatic rings. The van der Waals surface area contributed by atoms with Gasteiger partial charge in [-0.1, -0.05) is 176 Å². The Kier molecular flexibility index (Phi) is 5.58. The monoisotopic (exact) mass is 645 g/mol. The summed E-state index contributed by atoms with van der Waals surface area (Å²) < 4.78 is 75.3. The molecule has 50 heavy (non-hydrogen) atoms. The van der Waals surface area contributed by atoms with Gasteiger partial charge in [0.15, 0.2) is 0 Å². The number of hydrogen-bond acceptors (Lipinski definition) is 1. The lowest BCUT2D eigenvalue weighted by Gasteiger charge is -2.35. The maximum absolute atomic E-state index is 9.53. The summed E-state index contributed by atoms with van der Waals surface area (Å²) in [6, 6.07) is 49.3. The molecule has 0 bridgehead atoms. The number of hydrogen-bond donors (Lipinski definition) is 0. The summed E-state index contributed by atoms with van der Waals surface area (Å²) in [6.07, 6.45) is 0. The Hall–Kier alpha value is -6.44. The lowest BCUT2D eigenvalue weighted by molar-refractivity contribution is 0.768. The summed E-state index contributed by atoms with van der Waals surface area (Å²) >= 11 is 0.